The monoisotopic (exact) mass is 317 g/mol. The molecule has 0 amide bonds. The third-order valence-corrected chi connectivity index (χ3v) is 4.54. The predicted octanol–water partition coefficient (Wildman–Crippen LogP) is 3.71. The number of nitrogens with one attached hydrogen (secondary N) is 1. The molecule has 0 aliphatic heterocycles. The summed E-state index contributed by atoms with van der Waals surface area (Å²) in [4.78, 5) is 0. The van der Waals surface area contributed by atoms with Crippen LogP contribution in [0.5, 0.6) is 0 Å². The van der Waals surface area contributed by atoms with Gasteiger partial charge in [0.1, 0.15) is 0 Å². The van der Waals surface area contributed by atoms with Gasteiger partial charge in [-0.05, 0) is 61.9 Å². The van der Waals surface area contributed by atoms with E-state index in [9.17, 15) is 0 Å². The highest BCUT2D eigenvalue weighted by molar-refractivity contribution is 9.13. The first kappa shape index (κ1) is 10.7. The van der Waals surface area contributed by atoms with Crippen LogP contribution in [0.4, 0.5) is 0 Å². The second-order valence-electron chi connectivity index (χ2n) is 3.95. The van der Waals surface area contributed by atoms with Gasteiger partial charge in [0.2, 0.25) is 0 Å². The van der Waals surface area contributed by atoms with E-state index in [4.69, 9.17) is 0 Å². The Kier molecular flexibility index (Phi) is 3.30. The molecule has 0 aromatic heterocycles. The second-order valence-corrected chi connectivity index (χ2v) is 5.66. The van der Waals surface area contributed by atoms with E-state index in [0.29, 0.717) is 0 Å². The fourth-order valence-corrected chi connectivity index (χ4v) is 2.18. The Morgan fingerprint density at radius 1 is 1.36 bits per heavy atom. The summed E-state index contributed by atoms with van der Waals surface area (Å²) in [5, 5.41) is 3.53. The van der Waals surface area contributed by atoms with Gasteiger partial charge in [0.25, 0.3) is 0 Å². The zero-order valence-corrected chi connectivity index (χ0v) is 11.2. The molecule has 0 spiro atoms. The minimum absolute atomic E-state index is 0.748. The average Bonchev–Trinajstić information content (AvgIpc) is 2.85. The number of hydrogen-bond donors (Lipinski definition) is 1. The lowest BCUT2D eigenvalue weighted by molar-refractivity contribution is 0.652. The summed E-state index contributed by atoms with van der Waals surface area (Å²) in [5.74, 6) is 0.869. The molecular weight excluding hydrogens is 306 g/mol. The Hall–Kier alpha value is 0.140. The van der Waals surface area contributed by atoms with Crippen LogP contribution in [-0.4, -0.2) is 6.04 Å². The van der Waals surface area contributed by atoms with Gasteiger partial charge in [-0.25, -0.2) is 0 Å². The van der Waals surface area contributed by atoms with Crippen LogP contribution in [-0.2, 0) is 6.54 Å². The zero-order valence-electron chi connectivity index (χ0n) is 8.06. The molecule has 1 aromatic rings. The van der Waals surface area contributed by atoms with Gasteiger partial charge in [0, 0.05) is 21.5 Å². The molecule has 2 rings (SSSR count). The van der Waals surface area contributed by atoms with Crippen LogP contribution in [0.25, 0.3) is 0 Å². The Labute approximate surface area is 102 Å². The summed E-state index contributed by atoms with van der Waals surface area (Å²) in [6, 6.07) is 7.13. The van der Waals surface area contributed by atoms with Crippen molar-refractivity contribution in [2.45, 2.75) is 25.9 Å². The molecule has 1 fully saturated rings. The number of halogens is 2. The standard InChI is InChI=1S/C11H13Br2N/c1-7-4-11(7)14-6-8-2-3-9(12)10(13)5-8/h2-3,5,7,11,14H,4,6H2,1H3. The van der Waals surface area contributed by atoms with Crippen molar-refractivity contribution in [1.82, 2.24) is 5.32 Å². The second kappa shape index (κ2) is 4.33. The molecule has 76 valence electrons. The Morgan fingerprint density at radius 3 is 2.64 bits per heavy atom. The molecule has 14 heavy (non-hydrogen) atoms. The van der Waals surface area contributed by atoms with E-state index in [1.807, 2.05) is 0 Å². The lowest BCUT2D eigenvalue weighted by Crippen LogP contribution is -2.16. The molecule has 0 heterocycles. The fourth-order valence-electron chi connectivity index (χ4n) is 1.51. The van der Waals surface area contributed by atoms with Crippen LogP contribution in [0.2, 0.25) is 0 Å². The van der Waals surface area contributed by atoms with Gasteiger partial charge < -0.3 is 5.32 Å². The zero-order chi connectivity index (χ0) is 10.1. The van der Waals surface area contributed by atoms with Gasteiger partial charge in [0.05, 0.1) is 0 Å². The van der Waals surface area contributed by atoms with Crippen LogP contribution >= 0.6 is 31.9 Å². The normalized spacial score (nSPS) is 25.1. The maximum Gasteiger partial charge on any atom is 0.0320 e. The summed E-state index contributed by atoms with van der Waals surface area (Å²) >= 11 is 6.97. The van der Waals surface area contributed by atoms with Crippen LogP contribution in [0, 0.1) is 5.92 Å². The predicted molar refractivity (Wildman–Crippen MR) is 66.3 cm³/mol. The molecule has 1 nitrogen and oxygen atoms in total. The van der Waals surface area contributed by atoms with Crippen molar-refractivity contribution in [3.8, 4) is 0 Å². The molecule has 0 radical (unpaired) electrons. The molecule has 2 unspecified atom stereocenters. The maximum absolute atomic E-state index is 3.53. The van der Waals surface area contributed by atoms with Crippen molar-refractivity contribution in [3.63, 3.8) is 0 Å². The maximum atomic E-state index is 3.53. The van der Waals surface area contributed by atoms with Crippen molar-refractivity contribution < 1.29 is 0 Å². The minimum Gasteiger partial charge on any atom is -0.310 e. The molecule has 1 aromatic carbocycles. The van der Waals surface area contributed by atoms with E-state index in [2.05, 4.69) is 62.3 Å². The molecule has 1 saturated carbocycles. The van der Waals surface area contributed by atoms with Gasteiger partial charge >= 0.3 is 0 Å². The van der Waals surface area contributed by atoms with Crippen molar-refractivity contribution in [2.24, 2.45) is 5.92 Å². The summed E-state index contributed by atoms with van der Waals surface area (Å²) < 4.78 is 2.24. The lowest BCUT2D eigenvalue weighted by atomic mass is 10.2. The van der Waals surface area contributed by atoms with Crippen molar-refractivity contribution in [2.75, 3.05) is 0 Å². The van der Waals surface area contributed by atoms with E-state index < -0.39 is 0 Å². The number of rotatable bonds is 3. The summed E-state index contributed by atoms with van der Waals surface area (Å²) in [7, 11) is 0. The molecule has 1 aliphatic rings. The van der Waals surface area contributed by atoms with E-state index in [0.717, 1.165) is 27.4 Å². The van der Waals surface area contributed by atoms with Crippen LogP contribution in [0.3, 0.4) is 0 Å². The first-order valence-corrected chi connectivity index (χ1v) is 6.42. The van der Waals surface area contributed by atoms with Gasteiger partial charge in [0.15, 0.2) is 0 Å². The Balaban J connectivity index is 1.92. The molecule has 2 atom stereocenters. The van der Waals surface area contributed by atoms with E-state index in [1.165, 1.54) is 12.0 Å². The molecule has 3 heteroatoms. The quantitative estimate of drug-likeness (QED) is 0.896. The number of hydrogen-bond acceptors (Lipinski definition) is 1. The van der Waals surface area contributed by atoms with E-state index in [1.54, 1.807) is 0 Å². The molecule has 1 N–H and O–H groups in total. The highest BCUT2D eigenvalue weighted by Crippen LogP contribution is 2.29. The first-order valence-electron chi connectivity index (χ1n) is 4.84. The van der Waals surface area contributed by atoms with Crippen molar-refractivity contribution >= 4 is 31.9 Å². The smallest absolute Gasteiger partial charge is 0.0320 e. The highest BCUT2D eigenvalue weighted by Gasteiger charge is 2.31. The van der Waals surface area contributed by atoms with Crippen LogP contribution < -0.4 is 5.32 Å². The molecule has 0 saturated heterocycles. The highest BCUT2D eigenvalue weighted by atomic mass is 79.9. The first-order chi connectivity index (χ1) is 6.66. The molecule has 0 bridgehead atoms. The average molecular weight is 319 g/mol. The lowest BCUT2D eigenvalue weighted by Gasteiger charge is -2.05. The minimum atomic E-state index is 0.748. The van der Waals surface area contributed by atoms with Gasteiger partial charge in [-0.2, -0.15) is 0 Å². The topological polar surface area (TPSA) is 12.0 Å². The third-order valence-electron chi connectivity index (χ3n) is 2.66. The third kappa shape index (κ3) is 2.59. The fraction of sp³-hybridized carbons (Fsp3) is 0.455. The Morgan fingerprint density at radius 2 is 2.07 bits per heavy atom. The van der Waals surface area contributed by atoms with Crippen molar-refractivity contribution in [1.29, 1.82) is 0 Å². The summed E-state index contributed by atoms with van der Waals surface area (Å²) in [6.07, 6.45) is 1.33. The SMILES string of the molecule is CC1CC1NCc1ccc(Br)c(Br)c1. The van der Waals surface area contributed by atoms with E-state index >= 15 is 0 Å². The number of benzene rings is 1. The van der Waals surface area contributed by atoms with Crippen LogP contribution in [0.15, 0.2) is 27.1 Å². The molecular formula is C11H13Br2N. The molecule has 1 aliphatic carbocycles. The summed E-state index contributed by atoms with van der Waals surface area (Å²) in [6.45, 7) is 3.26. The Bertz CT molecular complexity index is 338. The van der Waals surface area contributed by atoms with Crippen molar-refractivity contribution in [3.05, 3.63) is 32.7 Å². The largest absolute Gasteiger partial charge is 0.310 e. The van der Waals surface area contributed by atoms with E-state index in [-0.39, 0.29) is 0 Å². The van der Waals surface area contributed by atoms with Crippen LogP contribution in [0.1, 0.15) is 18.9 Å². The van der Waals surface area contributed by atoms with Gasteiger partial charge in [-0.1, -0.05) is 13.0 Å². The summed E-state index contributed by atoms with van der Waals surface area (Å²) in [5.41, 5.74) is 1.33. The van der Waals surface area contributed by atoms with Gasteiger partial charge in [-0.15, -0.1) is 0 Å². The van der Waals surface area contributed by atoms with Gasteiger partial charge in [-0.3, -0.25) is 0 Å².